The molecule has 4 nitrogen and oxygen atoms in total. The van der Waals surface area contributed by atoms with Crippen LogP contribution in [0.2, 0.25) is 0 Å². The molecule has 4 heteroatoms. The molecule has 1 aliphatic rings. The highest BCUT2D eigenvalue weighted by Gasteiger charge is 2.18. The topological polar surface area (TPSA) is 49.8 Å². The molecule has 116 valence electrons. The number of para-hydroxylation sites is 1. The third-order valence-corrected chi connectivity index (χ3v) is 4.18. The summed E-state index contributed by atoms with van der Waals surface area (Å²) < 4.78 is 5.55. The largest absolute Gasteiger partial charge is 0.483 e. The summed E-state index contributed by atoms with van der Waals surface area (Å²) >= 11 is 0. The maximum atomic E-state index is 12.1. The highest BCUT2D eigenvalue weighted by molar-refractivity contribution is 5.77. The number of hydrogen-bond acceptors (Lipinski definition) is 3. The van der Waals surface area contributed by atoms with Gasteiger partial charge in [0.15, 0.2) is 6.61 Å². The number of carbonyl (C=O) groups excluding carboxylic acids is 1. The molecule has 0 radical (unpaired) electrons. The summed E-state index contributed by atoms with van der Waals surface area (Å²) in [6, 6.07) is 7.26. The average Bonchev–Trinajstić information content (AvgIpc) is 2.53. The number of aliphatic hydroxyl groups is 1. The Balaban J connectivity index is 1.80. The second-order valence-electron chi connectivity index (χ2n) is 5.83. The lowest BCUT2D eigenvalue weighted by Gasteiger charge is -2.27. The van der Waals surface area contributed by atoms with Gasteiger partial charge in [-0.25, -0.2) is 0 Å². The number of benzene rings is 1. The smallest absolute Gasteiger partial charge is 0.260 e. The van der Waals surface area contributed by atoms with Crippen molar-refractivity contribution in [3.63, 3.8) is 0 Å². The van der Waals surface area contributed by atoms with Crippen LogP contribution in [0.15, 0.2) is 24.3 Å². The highest BCUT2D eigenvalue weighted by atomic mass is 16.5. The lowest BCUT2D eigenvalue weighted by atomic mass is 9.89. The van der Waals surface area contributed by atoms with Crippen molar-refractivity contribution in [3.8, 4) is 5.75 Å². The molecule has 0 bridgehead atoms. The molecule has 1 amide bonds. The van der Waals surface area contributed by atoms with Crippen LogP contribution in [0, 0.1) is 5.92 Å². The Kier molecular flexibility index (Phi) is 6.05. The first kappa shape index (κ1) is 15.8. The standard InChI is InChI=1S/C17H25NO3/c1-18(11-14-7-3-2-4-8-14)17(20)13-21-16-10-6-5-9-15(16)12-19/h5-6,9-10,14,19H,2-4,7-8,11-13H2,1H3. The van der Waals surface area contributed by atoms with Crippen LogP contribution in [-0.2, 0) is 11.4 Å². The molecule has 1 N–H and O–H groups in total. The van der Waals surface area contributed by atoms with Crippen molar-refractivity contribution in [1.82, 2.24) is 4.90 Å². The highest BCUT2D eigenvalue weighted by Crippen LogP contribution is 2.24. The Labute approximate surface area is 126 Å². The van der Waals surface area contributed by atoms with Crippen molar-refractivity contribution in [2.75, 3.05) is 20.2 Å². The molecule has 2 rings (SSSR count). The lowest BCUT2D eigenvalue weighted by Crippen LogP contribution is -2.35. The van der Waals surface area contributed by atoms with Gasteiger partial charge in [-0.2, -0.15) is 0 Å². The quantitative estimate of drug-likeness (QED) is 0.876. The number of nitrogens with zero attached hydrogens (tertiary/aromatic N) is 1. The molecule has 1 saturated carbocycles. The van der Waals surface area contributed by atoms with Gasteiger partial charge in [0.1, 0.15) is 5.75 Å². The van der Waals surface area contributed by atoms with E-state index in [1.54, 1.807) is 17.0 Å². The molecule has 21 heavy (non-hydrogen) atoms. The number of hydrogen-bond donors (Lipinski definition) is 1. The van der Waals surface area contributed by atoms with Gasteiger partial charge in [-0.05, 0) is 24.8 Å². The minimum atomic E-state index is -0.0811. The van der Waals surface area contributed by atoms with Crippen LogP contribution in [-0.4, -0.2) is 36.1 Å². The molecule has 0 aliphatic heterocycles. The molecule has 1 fully saturated rings. The van der Waals surface area contributed by atoms with Crippen LogP contribution in [0.3, 0.4) is 0 Å². The molecule has 1 aromatic rings. The number of carbonyl (C=O) groups is 1. The summed E-state index contributed by atoms with van der Waals surface area (Å²) in [6.45, 7) is 0.770. The fraction of sp³-hybridized carbons (Fsp3) is 0.588. The van der Waals surface area contributed by atoms with E-state index in [0.717, 1.165) is 6.54 Å². The zero-order valence-electron chi connectivity index (χ0n) is 12.8. The predicted molar refractivity (Wildman–Crippen MR) is 82.1 cm³/mol. The number of rotatable bonds is 6. The van der Waals surface area contributed by atoms with Crippen LogP contribution >= 0.6 is 0 Å². The average molecular weight is 291 g/mol. The van der Waals surface area contributed by atoms with Crippen LogP contribution in [0.25, 0.3) is 0 Å². The molecule has 0 aromatic heterocycles. The van der Waals surface area contributed by atoms with E-state index in [9.17, 15) is 9.90 Å². The minimum absolute atomic E-state index is 0.00619. The van der Waals surface area contributed by atoms with E-state index < -0.39 is 0 Å². The number of aliphatic hydroxyl groups excluding tert-OH is 1. The van der Waals surface area contributed by atoms with Crippen LogP contribution in [0.1, 0.15) is 37.7 Å². The maximum Gasteiger partial charge on any atom is 0.260 e. The first-order valence-corrected chi connectivity index (χ1v) is 7.76. The molecule has 0 heterocycles. The van der Waals surface area contributed by atoms with E-state index >= 15 is 0 Å². The van der Waals surface area contributed by atoms with Crippen LogP contribution in [0.5, 0.6) is 5.75 Å². The minimum Gasteiger partial charge on any atom is -0.483 e. The first-order valence-electron chi connectivity index (χ1n) is 7.76. The van der Waals surface area contributed by atoms with Crippen molar-refractivity contribution in [2.45, 2.75) is 38.7 Å². The Bertz CT molecular complexity index is 455. The monoisotopic (exact) mass is 291 g/mol. The van der Waals surface area contributed by atoms with Crippen LogP contribution in [0.4, 0.5) is 0 Å². The molecular weight excluding hydrogens is 266 g/mol. The van der Waals surface area contributed by atoms with Gasteiger partial charge in [-0.15, -0.1) is 0 Å². The SMILES string of the molecule is CN(CC1CCCCC1)C(=O)COc1ccccc1CO. The first-order chi connectivity index (χ1) is 10.2. The van der Waals surface area contributed by atoms with E-state index in [1.807, 2.05) is 19.2 Å². The van der Waals surface area contributed by atoms with Crippen LogP contribution < -0.4 is 4.74 Å². The van der Waals surface area contributed by atoms with E-state index in [-0.39, 0.29) is 19.1 Å². The Morgan fingerprint density at radius 1 is 1.29 bits per heavy atom. The molecular formula is C17H25NO3. The van der Waals surface area contributed by atoms with E-state index in [2.05, 4.69) is 0 Å². The lowest BCUT2D eigenvalue weighted by molar-refractivity contribution is -0.132. The van der Waals surface area contributed by atoms with Gasteiger partial charge in [0.05, 0.1) is 6.61 Å². The molecule has 1 aliphatic carbocycles. The summed E-state index contributed by atoms with van der Waals surface area (Å²) in [5, 5.41) is 9.23. The fourth-order valence-corrected chi connectivity index (χ4v) is 2.88. The van der Waals surface area contributed by atoms with E-state index in [0.29, 0.717) is 17.2 Å². The molecule has 0 atom stereocenters. The summed E-state index contributed by atoms with van der Waals surface area (Å²) in [5.41, 5.74) is 0.709. The van der Waals surface area contributed by atoms with Gasteiger partial charge in [-0.1, -0.05) is 37.5 Å². The fourth-order valence-electron chi connectivity index (χ4n) is 2.88. The summed E-state index contributed by atoms with van der Waals surface area (Å²) in [5.74, 6) is 1.21. The van der Waals surface area contributed by atoms with Gasteiger partial charge in [0, 0.05) is 19.2 Å². The number of ether oxygens (including phenoxy) is 1. The molecule has 0 spiro atoms. The van der Waals surface area contributed by atoms with Gasteiger partial charge in [0.2, 0.25) is 0 Å². The molecule has 0 saturated heterocycles. The number of amides is 1. The summed E-state index contributed by atoms with van der Waals surface area (Å²) in [6.07, 6.45) is 6.35. The summed E-state index contributed by atoms with van der Waals surface area (Å²) in [7, 11) is 1.85. The zero-order valence-corrected chi connectivity index (χ0v) is 12.8. The Morgan fingerprint density at radius 2 is 2.00 bits per heavy atom. The predicted octanol–water partition coefficient (Wildman–Crippen LogP) is 2.60. The maximum absolute atomic E-state index is 12.1. The summed E-state index contributed by atoms with van der Waals surface area (Å²) in [4.78, 5) is 13.9. The van der Waals surface area contributed by atoms with Gasteiger partial charge >= 0.3 is 0 Å². The zero-order chi connectivity index (χ0) is 15.1. The van der Waals surface area contributed by atoms with E-state index in [1.165, 1.54) is 32.1 Å². The second kappa shape index (κ2) is 8.03. The van der Waals surface area contributed by atoms with E-state index in [4.69, 9.17) is 4.74 Å². The van der Waals surface area contributed by atoms with Gasteiger partial charge in [-0.3, -0.25) is 4.79 Å². The van der Waals surface area contributed by atoms with Gasteiger partial charge < -0.3 is 14.7 Å². The third kappa shape index (κ3) is 4.74. The van der Waals surface area contributed by atoms with Crippen molar-refractivity contribution >= 4 is 5.91 Å². The Morgan fingerprint density at radius 3 is 2.71 bits per heavy atom. The Hall–Kier alpha value is -1.55. The molecule has 0 unspecified atom stereocenters. The van der Waals surface area contributed by atoms with Gasteiger partial charge in [0.25, 0.3) is 5.91 Å². The van der Waals surface area contributed by atoms with Crippen molar-refractivity contribution in [1.29, 1.82) is 0 Å². The number of likely N-dealkylation sites (N-methyl/N-ethyl adjacent to an activating group) is 1. The third-order valence-electron chi connectivity index (χ3n) is 4.18. The molecule has 1 aromatic carbocycles. The second-order valence-corrected chi connectivity index (χ2v) is 5.83. The normalized spacial score (nSPS) is 15.7. The van der Waals surface area contributed by atoms with Crippen molar-refractivity contribution < 1.29 is 14.6 Å². The van der Waals surface area contributed by atoms with Crippen molar-refractivity contribution in [2.24, 2.45) is 5.92 Å². The van der Waals surface area contributed by atoms with Crippen molar-refractivity contribution in [3.05, 3.63) is 29.8 Å².